The molecule has 0 saturated carbocycles. The molecule has 356 valence electrons. The normalized spacial score (nSPS) is 28.2. The van der Waals surface area contributed by atoms with Crippen LogP contribution in [-0.2, 0) is 54.1 Å². The Hall–Kier alpha value is -4.90. The van der Waals surface area contributed by atoms with E-state index < -0.39 is 94.9 Å². The van der Waals surface area contributed by atoms with Crippen molar-refractivity contribution in [3.05, 3.63) is 37.1 Å². The van der Waals surface area contributed by atoms with Crippen LogP contribution in [0.25, 0.3) is 11.3 Å². The van der Waals surface area contributed by atoms with Gasteiger partial charge in [0.15, 0.2) is 11.9 Å². The molecule has 17 heteroatoms. The standard InChI is InChI=1S/C47H71N5O12/c1-14-34-23-36(51(43(57)60-15-2)22-17-16-21-50-26-35(49-28-50)33-19-18-20-48-25-33)30(4)38(53)29(3)24-47(12,59-13)40(31(5)39(54)32(6)41(55)61-34)62-42(56)37-27-52(46(10,11)63-37)44(58)64-45(7,8)9/h18-20,25-26,28-32,34,36-37,40H,14-17,21-24,27H2,1-13H3/t29?,30-,31?,32?,34?,36+,37?,40-,47+/m1/s1. The van der Waals surface area contributed by atoms with Crippen molar-refractivity contribution in [1.29, 1.82) is 0 Å². The molecule has 4 rings (SSSR count). The fourth-order valence-electron chi connectivity index (χ4n) is 8.60. The third kappa shape index (κ3) is 12.9. The maximum Gasteiger partial charge on any atom is 0.412 e. The molecule has 0 aromatic carbocycles. The van der Waals surface area contributed by atoms with Crippen LogP contribution in [0.4, 0.5) is 9.59 Å². The molecule has 0 radical (unpaired) electrons. The van der Waals surface area contributed by atoms with Crippen LogP contribution >= 0.6 is 0 Å². The first-order valence-corrected chi connectivity index (χ1v) is 22.5. The van der Waals surface area contributed by atoms with Crippen molar-refractivity contribution >= 4 is 35.7 Å². The molecule has 2 aromatic heterocycles. The highest BCUT2D eigenvalue weighted by atomic mass is 16.6. The predicted molar refractivity (Wildman–Crippen MR) is 235 cm³/mol. The highest BCUT2D eigenvalue weighted by Gasteiger charge is 2.52. The number of pyridine rings is 1. The minimum Gasteiger partial charge on any atom is -0.462 e. The monoisotopic (exact) mass is 898 g/mol. The van der Waals surface area contributed by atoms with E-state index in [4.69, 9.17) is 28.4 Å². The van der Waals surface area contributed by atoms with Crippen LogP contribution in [-0.4, -0.2) is 128 Å². The second kappa shape index (κ2) is 21.9. The zero-order valence-electron chi connectivity index (χ0n) is 40.1. The van der Waals surface area contributed by atoms with E-state index in [1.54, 1.807) is 92.9 Å². The van der Waals surface area contributed by atoms with E-state index in [-0.39, 0.29) is 38.3 Å². The van der Waals surface area contributed by atoms with Crippen LogP contribution in [0.2, 0.25) is 0 Å². The van der Waals surface area contributed by atoms with Gasteiger partial charge in [-0.1, -0.05) is 27.7 Å². The molecular formula is C47H71N5O12. The van der Waals surface area contributed by atoms with E-state index in [2.05, 4.69) is 9.97 Å². The van der Waals surface area contributed by atoms with Gasteiger partial charge in [-0.15, -0.1) is 0 Å². The summed E-state index contributed by atoms with van der Waals surface area (Å²) in [4.78, 5) is 95.5. The predicted octanol–water partition coefficient (Wildman–Crippen LogP) is 7.04. The van der Waals surface area contributed by atoms with Crippen molar-refractivity contribution in [3.8, 4) is 11.3 Å². The summed E-state index contributed by atoms with van der Waals surface area (Å²) in [6.45, 7) is 20.9. The number of carbonyl (C=O) groups excluding carboxylic acids is 6. The first kappa shape index (κ1) is 51.7. The van der Waals surface area contributed by atoms with Gasteiger partial charge in [0.2, 0.25) is 0 Å². The van der Waals surface area contributed by atoms with Crippen LogP contribution in [0.5, 0.6) is 0 Å². The van der Waals surface area contributed by atoms with Gasteiger partial charge < -0.3 is 37.9 Å². The topological polar surface area (TPSA) is 195 Å². The number of amides is 2. The van der Waals surface area contributed by atoms with Crippen LogP contribution < -0.4 is 0 Å². The molecule has 64 heavy (non-hydrogen) atoms. The summed E-state index contributed by atoms with van der Waals surface area (Å²) in [5, 5.41) is 0. The largest absolute Gasteiger partial charge is 0.462 e. The molecule has 5 unspecified atom stereocenters. The molecule has 0 N–H and O–H groups in total. The maximum absolute atomic E-state index is 14.7. The summed E-state index contributed by atoms with van der Waals surface area (Å²) < 4.78 is 37.4. The maximum atomic E-state index is 14.7. The number of aromatic nitrogens is 3. The van der Waals surface area contributed by atoms with Gasteiger partial charge in [0.05, 0.1) is 31.1 Å². The van der Waals surface area contributed by atoms with Crippen molar-refractivity contribution in [3.63, 3.8) is 0 Å². The van der Waals surface area contributed by atoms with Crippen LogP contribution in [0.3, 0.4) is 0 Å². The second-order valence-corrected chi connectivity index (χ2v) is 18.8. The lowest BCUT2D eigenvalue weighted by Crippen LogP contribution is -2.54. The van der Waals surface area contributed by atoms with Crippen molar-refractivity contribution in [1.82, 2.24) is 24.3 Å². The molecule has 0 spiro atoms. The minimum absolute atomic E-state index is 0.00259. The number of nitrogens with zero attached hydrogens (tertiary/aromatic N) is 5. The van der Waals surface area contributed by atoms with Gasteiger partial charge in [0, 0.05) is 68.7 Å². The minimum atomic E-state index is -1.46. The third-order valence-electron chi connectivity index (χ3n) is 12.3. The fraction of sp³-hybridized carbons (Fsp3) is 0.702. The average molecular weight is 898 g/mol. The zero-order valence-corrected chi connectivity index (χ0v) is 40.1. The number of hydrogen-bond acceptors (Lipinski definition) is 14. The quantitative estimate of drug-likeness (QED) is 0.0911. The Morgan fingerprint density at radius 3 is 2.31 bits per heavy atom. The molecule has 2 fully saturated rings. The van der Waals surface area contributed by atoms with Crippen LogP contribution in [0.1, 0.15) is 115 Å². The number of aryl methyl sites for hydroxylation is 1. The van der Waals surface area contributed by atoms with Crippen LogP contribution in [0.15, 0.2) is 37.1 Å². The summed E-state index contributed by atoms with van der Waals surface area (Å²) in [5.74, 6) is -6.36. The molecule has 17 nitrogen and oxygen atoms in total. The highest BCUT2D eigenvalue weighted by Crippen LogP contribution is 2.37. The Balaban J connectivity index is 1.63. The lowest BCUT2D eigenvalue weighted by Gasteiger charge is -2.42. The molecule has 9 atom stereocenters. The number of carbonyl (C=O) groups is 6. The Kier molecular flexibility index (Phi) is 17.7. The SMILES string of the molecule is CCOC(=O)N(CCCCn1cnc(-c2cccnc2)c1)[C@H]1CC(CC)OC(=O)C(C)C(=O)C(C)[C@@H](OC(=O)C2CN(C(=O)OC(C)(C)C)C(C)(C)O2)[C@@](C)(OC)CC(C)C(=O)[C@@H]1C. The lowest BCUT2D eigenvalue weighted by atomic mass is 9.75. The Morgan fingerprint density at radius 1 is 1.00 bits per heavy atom. The van der Waals surface area contributed by atoms with E-state index in [1.807, 2.05) is 29.8 Å². The summed E-state index contributed by atoms with van der Waals surface area (Å²) in [6, 6.07) is 3.03. The molecule has 4 heterocycles. The molecule has 2 saturated heterocycles. The number of imidazole rings is 1. The number of methoxy groups -OCH3 is 1. The molecule has 0 bridgehead atoms. The van der Waals surface area contributed by atoms with Gasteiger partial charge in [-0.3, -0.25) is 24.3 Å². The Bertz CT molecular complexity index is 1930. The number of esters is 2. The van der Waals surface area contributed by atoms with E-state index in [9.17, 15) is 28.8 Å². The van der Waals surface area contributed by atoms with E-state index in [0.717, 1.165) is 11.3 Å². The number of Topliss-reactive ketones (excluding diaryl/α,β-unsaturated/α-hetero) is 2. The molecule has 2 aliphatic heterocycles. The van der Waals surface area contributed by atoms with Gasteiger partial charge in [0.25, 0.3) is 0 Å². The summed E-state index contributed by atoms with van der Waals surface area (Å²) in [5.41, 5.74) is -1.82. The summed E-state index contributed by atoms with van der Waals surface area (Å²) in [6.07, 6.45) is 4.19. The zero-order chi connectivity index (χ0) is 47.7. The van der Waals surface area contributed by atoms with E-state index >= 15 is 0 Å². The van der Waals surface area contributed by atoms with E-state index in [0.29, 0.717) is 25.8 Å². The number of rotatable bonds is 12. The molecule has 2 aliphatic rings. The van der Waals surface area contributed by atoms with Gasteiger partial charge in [-0.2, -0.15) is 0 Å². The van der Waals surface area contributed by atoms with Gasteiger partial charge >= 0.3 is 24.1 Å². The first-order chi connectivity index (χ1) is 30.0. The Labute approximate surface area is 378 Å². The third-order valence-corrected chi connectivity index (χ3v) is 12.3. The van der Waals surface area contributed by atoms with Crippen molar-refractivity contribution in [2.24, 2.45) is 23.7 Å². The molecule has 2 aromatic rings. The van der Waals surface area contributed by atoms with Crippen molar-refractivity contribution in [2.45, 2.75) is 163 Å². The highest BCUT2D eigenvalue weighted by molar-refractivity contribution is 6.00. The van der Waals surface area contributed by atoms with E-state index in [1.165, 1.54) is 18.9 Å². The van der Waals surface area contributed by atoms with Gasteiger partial charge in [0.1, 0.15) is 40.8 Å². The fourth-order valence-corrected chi connectivity index (χ4v) is 8.60. The number of ketones is 2. The molecular weight excluding hydrogens is 827 g/mol. The molecule has 2 amide bonds. The average Bonchev–Trinajstić information content (AvgIpc) is 3.86. The first-order valence-electron chi connectivity index (χ1n) is 22.5. The Morgan fingerprint density at radius 2 is 1.70 bits per heavy atom. The van der Waals surface area contributed by atoms with Crippen molar-refractivity contribution in [2.75, 3.05) is 26.8 Å². The second-order valence-electron chi connectivity index (χ2n) is 18.8. The summed E-state index contributed by atoms with van der Waals surface area (Å²) >= 11 is 0. The van der Waals surface area contributed by atoms with Gasteiger partial charge in [-0.05, 0) is 93.2 Å². The smallest absolute Gasteiger partial charge is 0.412 e. The molecule has 0 aliphatic carbocycles. The lowest BCUT2D eigenvalue weighted by molar-refractivity contribution is -0.192. The number of cyclic esters (lactones) is 1. The number of ether oxygens (including phenoxy) is 6. The number of unbranched alkanes of at least 4 members (excludes halogenated alkanes) is 1. The number of hydrogen-bond donors (Lipinski definition) is 0. The van der Waals surface area contributed by atoms with Gasteiger partial charge in [-0.25, -0.2) is 19.4 Å². The van der Waals surface area contributed by atoms with Crippen molar-refractivity contribution < 1.29 is 57.2 Å². The summed E-state index contributed by atoms with van der Waals surface area (Å²) in [7, 11) is 1.40. The van der Waals surface area contributed by atoms with Crippen LogP contribution in [0, 0.1) is 23.7 Å².